The maximum atomic E-state index is 5.31. The highest BCUT2D eigenvalue weighted by molar-refractivity contribution is 7.26. The molecule has 0 N–H and O–H groups in total. The molecule has 0 saturated heterocycles. The lowest BCUT2D eigenvalue weighted by atomic mass is 10.1. The molecule has 0 spiro atoms. The first kappa shape index (κ1) is 24.5. The monoisotopic (exact) mass is 638 g/mol. The summed E-state index contributed by atoms with van der Waals surface area (Å²) in [5.41, 5.74) is 10.1. The smallest absolute Gasteiger partial charge is 0.220 e. The number of nitrogens with zero attached hydrogens (tertiary/aromatic N) is 6. The number of imidazole rings is 4. The molecule has 0 aliphatic heterocycles. The van der Waals surface area contributed by atoms with Gasteiger partial charge in [-0.05, 0) is 72.8 Å². The number of aryl methyl sites for hydroxylation is 1. The van der Waals surface area contributed by atoms with Crippen molar-refractivity contribution >= 4 is 119 Å². The normalized spacial score (nSPS) is 12.8. The fraction of sp³-hybridized carbons (Fsp3) is 0.0256. The Bertz CT molecular complexity index is 3320. The van der Waals surface area contributed by atoms with Gasteiger partial charge in [0, 0.05) is 53.1 Å². The molecular formula is C39H22N6S2. The summed E-state index contributed by atoms with van der Waals surface area (Å²) in [6, 6.07) is 41.8. The van der Waals surface area contributed by atoms with E-state index in [1.54, 1.807) is 0 Å². The van der Waals surface area contributed by atoms with E-state index in [4.69, 9.17) is 9.97 Å². The molecule has 0 aliphatic carbocycles. The van der Waals surface area contributed by atoms with Gasteiger partial charge in [0.15, 0.2) is 0 Å². The number of aromatic nitrogens is 6. The van der Waals surface area contributed by atoms with E-state index in [2.05, 4.69) is 140 Å². The first-order chi connectivity index (χ1) is 23.2. The van der Waals surface area contributed by atoms with Crippen LogP contribution in [-0.2, 0) is 7.05 Å². The summed E-state index contributed by atoms with van der Waals surface area (Å²) < 4.78 is 14.3. The highest BCUT2D eigenvalue weighted by atomic mass is 32.1. The Balaban J connectivity index is 1.18. The Morgan fingerprint density at radius 2 is 1.17 bits per heavy atom. The van der Waals surface area contributed by atoms with Gasteiger partial charge in [-0.1, -0.05) is 42.5 Å². The Morgan fingerprint density at radius 3 is 2.06 bits per heavy atom. The topological polar surface area (TPSA) is 44.5 Å². The maximum Gasteiger partial charge on any atom is 0.220 e. The molecule has 6 aromatic carbocycles. The van der Waals surface area contributed by atoms with Crippen LogP contribution in [0.3, 0.4) is 0 Å². The Kier molecular flexibility index (Phi) is 4.36. The van der Waals surface area contributed by atoms with Crippen LogP contribution >= 0.6 is 22.7 Å². The summed E-state index contributed by atoms with van der Waals surface area (Å²) in [5.74, 6) is 1.89. The van der Waals surface area contributed by atoms with E-state index in [1.807, 2.05) is 22.7 Å². The van der Waals surface area contributed by atoms with Crippen LogP contribution in [0.5, 0.6) is 0 Å². The lowest BCUT2D eigenvalue weighted by molar-refractivity contribution is 0.974. The zero-order valence-corrected chi connectivity index (χ0v) is 26.6. The molecule has 0 radical (unpaired) electrons. The number of fused-ring (bicyclic) bond motifs is 17. The van der Waals surface area contributed by atoms with Crippen molar-refractivity contribution in [1.29, 1.82) is 0 Å². The van der Waals surface area contributed by atoms with E-state index in [-0.39, 0.29) is 0 Å². The third-order valence-corrected chi connectivity index (χ3v) is 12.2. The summed E-state index contributed by atoms with van der Waals surface area (Å²) in [4.78, 5) is 10.4. The van der Waals surface area contributed by atoms with Crippen LogP contribution < -0.4 is 0 Å². The zero-order chi connectivity index (χ0) is 30.5. The maximum absolute atomic E-state index is 5.31. The van der Waals surface area contributed by atoms with Gasteiger partial charge in [-0.3, -0.25) is 13.4 Å². The fourth-order valence-corrected chi connectivity index (χ4v) is 10.1. The minimum absolute atomic E-state index is 0.929. The lowest BCUT2D eigenvalue weighted by Crippen LogP contribution is -1.94. The van der Waals surface area contributed by atoms with E-state index in [0.29, 0.717) is 0 Å². The van der Waals surface area contributed by atoms with Crippen molar-refractivity contribution in [3.8, 4) is 5.69 Å². The van der Waals surface area contributed by atoms with E-state index in [9.17, 15) is 0 Å². The molecule has 6 nitrogen and oxygen atoms in total. The van der Waals surface area contributed by atoms with Crippen LogP contribution in [0.2, 0.25) is 0 Å². The molecule has 0 atom stereocenters. The minimum atomic E-state index is 0.929. The van der Waals surface area contributed by atoms with E-state index in [1.165, 1.54) is 56.9 Å². The Labute approximate surface area is 273 Å². The number of thiophene rings is 2. The molecule has 0 aliphatic rings. The van der Waals surface area contributed by atoms with Gasteiger partial charge in [-0.2, -0.15) is 0 Å². The first-order valence-corrected chi connectivity index (χ1v) is 17.3. The molecule has 6 aromatic heterocycles. The van der Waals surface area contributed by atoms with Gasteiger partial charge in [0.25, 0.3) is 0 Å². The van der Waals surface area contributed by atoms with Gasteiger partial charge in [0.05, 0.1) is 44.1 Å². The van der Waals surface area contributed by atoms with Gasteiger partial charge in [0.1, 0.15) is 0 Å². The third-order valence-electron chi connectivity index (χ3n) is 9.96. The minimum Gasteiger partial charge on any atom is -0.313 e. The molecule has 47 heavy (non-hydrogen) atoms. The van der Waals surface area contributed by atoms with Crippen molar-refractivity contribution in [2.24, 2.45) is 7.05 Å². The molecular weight excluding hydrogens is 617 g/mol. The summed E-state index contributed by atoms with van der Waals surface area (Å²) in [6.07, 6.45) is 0. The summed E-state index contributed by atoms with van der Waals surface area (Å²) in [7, 11) is 2.10. The van der Waals surface area contributed by atoms with E-state index in [0.717, 1.165) is 44.8 Å². The average Bonchev–Trinajstić information content (AvgIpc) is 3.93. The SMILES string of the molecule is Cn1c2ccccc2n2c3cc4c(cc3nc12)sc1ccc(-n2c3ccccc3n3c5c(ccc6sc7ccccc7c65)nc23)cc14. The van der Waals surface area contributed by atoms with E-state index < -0.39 is 0 Å². The molecule has 220 valence electrons. The van der Waals surface area contributed by atoms with Crippen molar-refractivity contribution in [1.82, 2.24) is 27.9 Å². The van der Waals surface area contributed by atoms with Crippen molar-refractivity contribution in [2.45, 2.75) is 0 Å². The van der Waals surface area contributed by atoms with Crippen LogP contribution in [0.4, 0.5) is 0 Å². The Morgan fingerprint density at radius 1 is 0.489 bits per heavy atom. The number of hydrogen-bond acceptors (Lipinski definition) is 4. The summed E-state index contributed by atoms with van der Waals surface area (Å²) in [6.45, 7) is 0. The highest BCUT2D eigenvalue weighted by Crippen LogP contribution is 2.42. The van der Waals surface area contributed by atoms with Gasteiger partial charge in [0.2, 0.25) is 11.6 Å². The van der Waals surface area contributed by atoms with Crippen molar-refractivity contribution in [3.63, 3.8) is 0 Å². The standard InChI is InChI=1S/C39H22N6S2/c1-42-27-9-3-4-10-28(27)44-31-19-24-23-18-21(14-16-33(23)47-35(24)20-26(31)41-38(42)44)43-29-11-5-6-12-30(29)45-37-25(40-39(43)45)15-17-34-36(37)22-8-2-7-13-32(22)46-34/h2-20H,1H3. The molecule has 0 bridgehead atoms. The Hall–Kier alpha value is -5.70. The number of benzene rings is 6. The average molecular weight is 639 g/mol. The van der Waals surface area contributed by atoms with Crippen LogP contribution in [0, 0.1) is 0 Å². The number of para-hydroxylation sites is 4. The van der Waals surface area contributed by atoms with Crippen molar-refractivity contribution < 1.29 is 0 Å². The van der Waals surface area contributed by atoms with Gasteiger partial charge in [-0.15, -0.1) is 22.7 Å². The highest BCUT2D eigenvalue weighted by Gasteiger charge is 2.22. The quantitative estimate of drug-likeness (QED) is 0.180. The predicted octanol–water partition coefficient (Wildman–Crippen LogP) is 10.5. The number of hydrogen-bond donors (Lipinski definition) is 0. The zero-order valence-electron chi connectivity index (χ0n) is 25.0. The molecule has 12 aromatic rings. The molecule has 6 heterocycles. The number of rotatable bonds is 1. The van der Waals surface area contributed by atoms with Gasteiger partial charge >= 0.3 is 0 Å². The van der Waals surface area contributed by atoms with Crippen LogP contribution in [0.25, 0.3) is 102 Å². The third kappa shape index (κ3) is 2.96. The molecule has 0 amide bonds. The van der Waals surface area contributed by atoms with E-state index >= 15 is 0 Å². The van der Waals surface area contributed by atoms with Gasteiger partial charge < -0.3 is 4.57 Å². The predicted molar refractivity (Wildman–Crippen MR) is 198 cm³/mol. The summed E-state index contributed by atoms with van der Waals surface area (Å²) in [5, 5.41) is 5.07. The second-order valence-corrected chi connectivity index (χ2v) is 14.6. The fourth-order valence-electron chi connectivity index (χ4n) is 7.91. The van der Waals surface area contributed by atoms with Crippen LogP contribution in [-0.4, -0.2) is 27.9 Å². The molecule has 12 rings (SSSR count). The molecule has 8 heteroatoms. The molecule has 0 fully saturated rings. The van der Waals surface area contributed by atoms with Crippen LogP contribution in [0.1, 0.15) is 0 Å². The van der Waals surface area contributed by atoms with Crippen LogP contribution in [0.15, 0.2) is 115 Å². The van der Waals surface area contributed by atoms with Crippen molar-refractivity contribution in [2.75, 3.05) is 0 Å². The largest absolute Gasteiger partial charge is 0.313 e. The first-order valence-electron chi connectivity index (χ1n) is 15.7. The lowest BCUT2D eigenvalue weighted by Gasteiger charge is -2.06. The van der Waals surface area contributed by atoms with Crippen molar-refractivity contribution in [3.05, 3.63) is 115 Å². The summed E-state index contributed by atoms with van der Waals surface area (Å²) >= 11 is 3.68. The molecule has 0 unspecified atom stereocenters. The van der Waals surface area contributed by atoms with Gasteiger partial charge in [-0.25, -0.2) is 9.97 Å². The second-order valence-electron chi connectivity index (χ2n) is 12.4. The second kappa shape index (κ2) is 8.36. The molecule has 0 saturated carbocycles.